The lowest BCUT2D eigenvalue weighted by molar-refractivity contribution is -0.138. The standard InChI is InChI=1S/C8H9NO2.C7H12O2.C3H3N/c1-3-11-8(10)7(2)5-4-6-9;1-3-5-6-9-7(8)4-2;1-2-3-4/h4-5H,2-3H2,1H3;4H,2-3,5-6H2,1H3;2H,1H2. The highest BCUT2D eigenvalue weighted by Crippen LogP contribution is 1.95. The number of carbonyl (C=O) groups is 2. The molecule has 0 fully saturated rings. The summed E-state index contributed by atoms with van der Waals surface area (Å²) in [6, 6.07) is 3.44. The van der Waals surface area contributed by atoms with E-state index < -0.39 is 5.97 Å². The average molecular weight is 332 g/mol. The Labute approximate surface area is 144 Å². The molecule has 0 aliphatic heterocycles. The smallest absolute Gasteiger partial charge is 0.337 e. The third kappa shape index (κ3) is 23.9. The number of hydrogen-bond donors (Lipinski definition) is 0. The van der Waals surface area contributed by atoms with E-state index in [-0.39, 0.29) is 11.5 Å². The Bertz CT molecular complexity index is 508. The molecule has 0 spiro atoms. The van der Waals surface area contributed by atoms with Crippen molar-refractivity contribution in [1.29, 1.82) is 10.5 Å². The van der Waals surface area contributed by atoms with Gasteiger partial charge in [-0.15, -0.1) is 0 Å². The minimum absolute atomic E-state index is 0.188. The minimum atomic E-state index is -0.487. The first kappa shape index (κ1) is 25.8. The summed E-state index contributed by atoms with van der Waals surface area (Å²) in [6.07, 6.45) is 6.83. The zero-order valence-electron chi connectivity index (χ0n) is 14.3. The normalized spacial score (nSPS) is 8.00. The zero-order chi connectivity index (χ0) is 19.2. The van der Waals surface area contributed by atoms with Crippen molar-refractivity contribution in [2.24, 2.45) is 0 Å². The Morgan fingerprint density at radius 1 is 1.12 bits per heavy atom. The van der Waals surface area contributed by atoms with Crippen molar-refractivity contribution in [3.05, 3.63) is 49.6 Å². The molecule has 0 atom stereocenters. The molecule has 6 heteroatoms. The summed E-state index contributed by atoms with van der Waals surface area (Å²) >= 11 is 0. The predicted octanol–water partition coefficient (Wildman–Crippen LogP) is 3.40. The van der Waals surface area contributed by atoms with Crippen LogP contribution in [0, 0.1) is 22.7 Å². The maximum atomic E-state index is 10.8. The van der Waals surface area contributed by atoms with E-state index in [2.05, 4.69) is 29.2 Å². The Morgan fingerprint density at radius 2 is 1.71 bits per heavy atom. The number of nitriles is 2. The van der Waals surface area contributed by atoms with Gasteiger partial charge in [-0.2, -0.15) is 10.5 Å². The molecule has 0 radical (unpaired) electrons. The molecule has 0 aromatic heterocycles. The van der Waals surface area contributed by atoms with E-state index in [1.54, 1.807) is 19.1 Å². The fourth-order valence-electron chi connectivity index (χ4n) is 0.806. The molecule has 0 bridgehead atoms. The van der Waals surface area contributed by atoms with Crippen molar-refractivity contribution < 1.29 is 19.1 Å². The van der Waals surface area contributed by atoms with Crippen molar-refractivity contribution in [2.45, 2.75) is 26.7 Å². The number of esters is 2. The summed E-state index contributed by atoms with van der Waals surface area (Å²) in [5.74, 6) is -0.817. The first-order chi connectivity index (χ1) is 11.4. The molecule has 0 amide bonds. The van der Waals surface area contributed by atoms with Gasteiger partial charge in [-0.1, -0.05) is 33.1 Å². The summed E-state index contributed by atoms with van der Waals surface area (Å²) in [5.41, 5.74) is 0.188. The van der Waals surface area contributed by atoms with Gasteiger partial charge < -0.3 is 9.47 Å². The van der Waals surface area contributed by atoms with Gasteiger partial charge in [0.15, 0.2) is 0 Å². The van der Waals surface area contributed by atoms with Crippen LogP contribution in [-0.2, 0) is 19.1 Å². The third-order valence-electron chi connectivity index (χ3n) is 1.90. The van der Waals surface area contributed by atoms with E-state index >= 15 is 0 Å². The van der Waals surface area contributed by atoms with Crippen LogP contribution in [0.15, 0.2) is 49.6 Å². The second-order valence-electron chi connectivity index (χ2n) is 3.77. The Hall–Kier alpha value is -3.12. The maximum absolute atomic E-state index is 10.8. The van der Waals surface area contributed by atoms with E-state index in [0.29, 0.717) is 13.2 Å². The van der Waals surface area contributed by atoms with Crippen molar-refractivity contribution in [3.63, 3.8) is 0 Å². The lowest BCUT2D eigenvalue weighted by atomic mass is 10.3. The van der Waals surface area contributed by atoms with Gasteiger partial charge in [-0.05, 0) is 19.4 Å². The lowest BCUT2D eigenvalue weighted by Gasteiger charge is -1.98. The highest BCUT2D eigenvalue weighted by atomic mass is 16.5. The molecule has 0 aromatic carbocycles. The van der Waals surface area contributed by atoms with E-state index in [0.717, 1.165) is 12.8 Å². The molecule has 0 rings (SSSR count). The number of hydrogen-bond acceptors (Lipinski definition) is 6. The van der Waals surface area contributed by atoms with Crippen LogP contribution < -0.4 is 0 Å². The van der Waals surface area contributed by atoms with Crippen LogP contribution in [0.1, 0.15) is 26.7 Å². The Kier molecular flexibility index (Phi) is 23.8. The number of carbonyl (C=O) groups excluding carboxylic acids is 2. The SMILES string of the molecule is C=C(C=CC#N)C(=O)OCC.C=CC#N.C=CC(=O)OCCCC. The van der Waals surface area contributed by atoms with Gasteiger partial charge >= 0.3 is 11.9 Å². The van der Waals surface area contributed by atoms with Crippen molar-refractivity contribution in [2.75, 3.05) is 13.2 Å². The highest BCUT2D eigenvalue weighted by molar-refractivity contribution is 5.90. The molecule has 0 saturated carbocycles. The van der Waals surface area contributed by atoms with Crippen LogP contribution in [-0.4, -0.2) is 25.2 Å². The number of nitrogens with zero attached hydrogens (tertiary/aromatic N) is 2. The lowest BCUT2D eigenvalue weighted by Crippen LogP contribution is -2.04. The first-order valence-electron chi connectivity index (χ1n) is 7.16. The van der Waals surface area contributed by atoms with Crippen LogP contribution >= 0.6 is 0 Å². The highest BCUT2D eigenvalue weighted by Gasteiger charge is 2.01. The van der Waals surface area contributed by atoms with Gasteiger partial charge in [0.25, 0.3) is 0 Å². The fraction of sp³-hybridized carbons (Fsp3) is 0.333. The molecule has 130 valence electrons. The molecule has 0 N–H and O–H groups in total. The molecule has 6 nitrogen and oxygen atoms in total. The molecule has 0 saturated heterocycles. The Balaban J connectivity index is -0.000000305. The van der Waals surface area contributed by atoms with E-state index in [4.69, 9.17) is 10.5 Å². The van der Waals surface area contributed by atoms with Gasteiger partial charge in [-0.25, -0.2) is 9.59 Å². The van der Waals surface area contributed by atoms with E-state index in [1.807, 2.05) is 6.92 Å². The molecule has 0 heterocycles. The van der Waals surface area contributed by atoms with Gasteiger partial charge in [0.05, 0.1) is 30.9 Å². The summed E-state index contributed by atoms with van der Waals surface area (Å²) in [6.45, 7) is 14.4. The van der Waals surface area contributed by atoms with Crippen LogP contribution in [0.4, 0.5) is 0 Å². The molecule has 0 aliphatic rings. The molecule has 0 aromatic rings. The molecule has 0 aliphatic carbocycles. The number of allylic oxidation sites excluding steroid dienone is 2. The van der Waals surface area contributed by atoms with Crippen molar-refractivity contribution >= 4 is 11.9 Å². The summed E-state index contributed by atoms with van der Waals surface area (Å²) in [7, 11) is 0. The first-order valence-corrected chi connectivity index (χ1v) is 7.16. The van der Waals surface area contributed by atoms with Gasteiger partial charge in [0.1, 0.15) is 0 Å². The van der Waals surface area contributed by atoms with Crippen molar-refractivity contribution in [3.8, 4) is 12.1 Å². The summed E-state index contributed by atoms with van der Waals surface area (Å²) in [4.78, 5) is 21.1. The minimum Gasteiger partial charge on any atom is -0.463 e. The largest absolute Gasteiger partial charge is 0.463 e. The Morgan fingerprint density at radius 3 is 2.08 bits per heavy atom. The second kappa shape index (κ2) is 22.2. The summed E-state index contributed by atoms with van der Waals surface area (Å²) < 4.78 is 9.28. The van der Waals surface area contributed by atoms with Crippen LogP contribution in [0.25, 0.3) is 0 Å². The quantitative estimate of drug-likeness (QED) is 0.233. The van der Waals surface area contributed by atoms with Crippen LogP contribution in [0.5, 0.6) is 0 Å². The fourth-order valence-corrected chi connectivity index (χ4v) is 0.806. The topological polar surface area (TPSA) is 100 Å². The third-order valence-corrected chi connectivity index (χ3v) is 1.90. The number of unbranched alkanes of at least 4 members (excludes halogenated alkanes) is 1. The molecule has 0 unspecified atom stereocenters. The molecular formula is C18H24N2O4. The second-order valence-corrected chi connectivity index (χ2v) is 3.77. The van der Waals surface area contributed by atoms with E-state index in [9.17, 15) is 9.59 Å². The monoisotopic (exact) mass is 332 g/mol. The van der Waals surface area contributed by atoms with E-state index in [1.165, 1.54) is 24.3 Å². The predicted molar refractivity (Wildman–Crippen MR) is 92.4 cm³/mol. The van der Waals surface area contributed by atoms with Gasteiger partial charge in [0, 0.05) is 18.2 Å². The zero-order valence-corrected chi connectivity index (χ0v) is 14.3. The average Bonchev–Trinajstić information content (AvgIpc) is 2.60. The van der Waals surface area contributed by atoms with Crippen molar-refractivity contribution in [1.82, 2.24) is 0 Å². The molecular weight excluding hydrogens is 308 g/mol. The number of rotatable bonds is 7. The number of ether oxygens (including phenoxy) is 2. The van der Waals surface area contributed by atoms with Crippen LogP contribution in [0.2, 0.25) is 0 Å². The summed E-state index contributed by atoms with van der Waals surface area (Å²) in [5, 5.41) is 15.6. The molecule has 24 heavy (non-hydrogen) atoms. The van der Waals surface area contributed by atoms with Gasteiger partial charge in [-0.3, -0.25) is 0 Å². The van der Waals surface area contributed by atoms with Gasteiger partial charge in [0.2, 0.25) is 0 Å². The van der Waals surface area contributed by atoms with Crippen LogP contribution in [0.3, 0.4) is 0 Å². The maximum Gasteiger partial charge on any atom is 0.337 e.